The number of hydrogen-bond donors (Lipinski definition) is 2. The van der Waals surface area contributed by atoms with E-state index in [9.17, 15) is 9.59 Å². The average Bonchev–Trinajstić information content (AvgIpc) is 2.95. The maximum atomic E-state index is 11.6. The molecule has 0 atom stereocenters. The summed E-state index contributed by atoms with van der Waals surface area (Å²) in [7, 11) is 1.37. The number of amides is 1. The molecule has 0 radical (unpaired) electrons. The van der Waals surface area contributed by atoms with E-state index in [1.54, 1.807) is 4.68 Å². The molecule has 1 aromatic heterocycles. The number of nitrogens with two attached hydrogens (primary N) is 1. The molecular weight excluding hydrogens is 296 g/mol. The largest absolute Gasteiger partial charge is 0.469 e. The van der Waals surface area contributed by atoms with Gasteiger partial charge in [-0.3, -0.25) is 9.59 Å². The van der Waals surface area contributed by atoms with Crippen LogP contribution in [0.5, 0.6) is 0 Å². The maximum absolute atomic E-state index is 11.6. The number of esters is 1. The van der Waals surface area contributed by atoms with Crippen LogP contribution < -0.4 is 11.1 Å². The van der Waals surface area contributed by atoms with Crippen molar-refractivity contribution >= 4 is 11.9 Å². The summed E-state index contributed by atoms with van der Waals surface area (Å²) in [6.07, 6.45) is 1.00. The second kappa shape index (κ2) is 6.21. The molecule has 0 spiro atoms. The number of benzene rings is 1. The number of aromatic nitrogens is 2. The summed E-state index contributed by atoms with van der Waals surface area (Å²) in [4.78, 5) is 22.9. The van der Waals surface area contributed by atoms with Gasteiger partial charge in [-0.25, -0.2) is 4.68 Å². The topological polar surface area (TPSA) is 99.2 Å². The maximum Gasteiger partial charge on any atom is 0.309 e. The van der Waals surface area contributed by atoms with E-state index in [0.29, 0.717) is 12.2 Å². The molecule has 1 aromatic carbocycles. The molecule has 120 valence electrons. The number of nitrogens with one attached hydrogen (secondary N) is 1. The van der Waals surface area contributed by atoms with E-state index in [1.165, 1.54) is 7.11 Å². The third kappa shape index (κ3) is 2.95. The van der Waals surface area contributed by atoms with Gasteiger partial charge in [0.25, 0.3) is 5.91 Å². The van der Waals surface area contributed by atoms with Crippen LogP contribution in [-0.2, 0) is 28.9 Å². The van der Waals surface area contributed by atoms with Gasteiger partial charge in [-0.1, -0.05) is 12.1 Å². The van der Waals surface area contributed by atoms with Crippen LogP contribution in [0.1, 0.15) is 27.3 Å². The number of carbonyl (C=O) groups is 2. The van der Waals surface area contributed by atoms with Crippen molar-refractivity contribution < 1.29 is 14.3 Å². The molecule has 0 saturated heterocycles. The molecule has 2 heterocycles. The minimum atomic E-state index is -0.522. The number of fused-ring (bicyclic) bond motifs is 1. The molecule has 0 fully saturated rings. The quantitative estimate of drug-likeness (QED) is 0.793. The van der Waals surface area contributed by atoms with Gasteiger partial charge >= 0.3 is 5.97 Å². The molecule has 3 N–H and O–H groups in total. The van der Waals surface area contributed by atoms with Crippen molar-refractivity contribution in [2.75, 3.05) is 13.7 Å². The summed E-state index contributed by atoms with van der Waals surface area (Å²) in [6.45, 7) is 1.42. The molecule has 0 unspecified atom stereocenters. The Hall–Kier alpha value is -2.67. The van der Waals surface area contributed by atoms with Crippen molar-refractivity contribution in [3.8, 4) is 5.69 Å². The summed E-state index contributed by atoms with van der Waals surface area (Å²) < 4.78 is 6.42. The van der Waals surface area contributed by atoms with E-state index in [2.05, 4.69) is 15.2 Å². The molecule has 0 aliphatic carbocycles. The first-order valence-corrected chi connectivity index (χ1v) is 7.37. The van der Waals surface area contributed by atoms with Crippen LogP contribution in [0.4, 0.5) is 0 Å². The first kappa shape index (κ1) is 15.2. The SMILES string of the molecule is COC(=O)Cc1ccc(-n2nc(C(N)=O)c3c2CCNC3)cc1. The van der Waals surface area contributed by atoms with E-state index in [0.717, 1.165) is 35.5 Å². The molecule has 7 heteroatoms. The number of carbonyl (C=O) groups excluding carboxylic acids is 2. The molecule has 7 nitrogen and oxygen atoms in total. The summed E-state index contributed by atoms with van der Waals surface area (Å²) >= 11 is 0. The highest BCUT2D eigenvalue weighted by Gasteiger charge is 2.24. The molecule has 1 aliphatic heterocycles. The fourth-order valence-electron chi connectivity index (χ4n) is 2.75. The van der Waals surface area contributed by atoms with Crippen molar-refractivity contribution in [3.63, 3.8) is 0 Å². The van der Waals surface area contributed by atoms with Gasteiger partial charge in [-0.15, -0.1) is 0 Å². The number of rotatable bonds is 4. The fourth-order valence-corrected chi connectivity index (χ4v) is 2.75. The van der Waals surface area contributed by atoms with Crippen molar-refractivity contribution in [1.29, 1.82) is 0 Å². The van der Waals surface area contributed by atoms with Gasteiger partial charge in [0.1, 0.15) is 0 Å². The van der Waals surface area contributed by atoms with E-state index < -0.39 is 5.91 Å². The summed E-state index contributed by atoms with van der Waals surface area (Å²) in [5.41, 5.74) is 9.30. The first-order chi connectivity index (χ1) is 11.1. The Morgan fingerprint density at radius 2 is 2.09 bits per heavy atom. The molecule has 0 bridgehead atoms. The van der Waals surface area contributed by atoms with E-state index in [1.807, 2.05) is 24.3 Å². The highest BCUT2D eigenvalue weighted by Crippen LogP contribution is 2.22. The predicted molar refractivity (Wildman–Crippen MR) is 83.2 cm³/mol. The highest BCUT2D eigenvalue weighted by molar-refractivity contribution is 5.92. The van der Waals surface area contributed by atoms with Crippen molar-refractivity contribution in [1.82, 2.24) is 15.1 Å². The van der Waals surface area contributed by atoms with Gasteiger partial charge in [-0.05, 0) is 17.7 Å². The van der Waals surface area contributed by atoms with Crippen molar-refractivity contribution in [2.24, 2.45) is 5.73 Å². The van der Waals surface area contributed by atoms with Gasteiger partial charge in [0, 0.05) is 25.1 Å². The van der Waals surface area contributed by atoms with Crippen LogP contribution in [0.15, 0.2) is 24.3 Å². The Morgan fingerprint density at radius 1 is 1.35 bits per heavy atom. The number of methoxy groups -OCH3 is 1. The zero-order chi connectivity index (χ0) is 16.4. The predicted octanol–water partition coefficient (Wildman–Crippen LogP) is 0.332. The van der Waals surface area contributed by atoms with Crippen molar-refractivity contribution in [3.05, 3.63) is 46.8 Å². The Morgan fingerprint density at radius 3 is 2.74 bits per heavy atom. The minimum absolute atomic E-state index is 0.227. The number of primary amides is 1. The molecular formula is C16H18N4O3. The van der Waals surface area contributed by atoms with Crippen LogP contribution in [0.25, 0.3) is 5.69 Å². The molecule has 0 saturated carbocycles. The third-order valence-electron chi connectivity index (χ3n) is 3.92. The average molecular weight is 314 g/mol. The lowest BCUT2D eigenvalue weighted by Crippen LogP contribution is -2.26. The van der Waals surface area contributed by atoms with Crippen LogP contribution in [0, 0.1) is 0 Å². The number of ether oxygens (including phenoxy) is 1. The van der Waals surface area contributed by atoms with Gasteiger partial charge in [-0.2, -0.15) is 5.10 Å². The van der Waals surface area contributed by atoms with Gasteiger partial charge in [0.15, 0.2) is 5.69 Å². The zero-order valence-electron chi connectivity index (χ0n) is 12.8. The fraction of sp³-hybridized carbons (Fsp3) is 0.312. The minimum Gasteiger partial charge on any atom is -0.469 e. The van der Waals surface area contributed by atoms with Gasteiger partial charge in [0.2, 0.25) is 0 Å². The Labute approximate surface area is 133 Å². The van der Waals surface area contributed by atoms with E-state index >= 15 is 0 Å². The first-order valence-electron chi connectivity index (χ1n) is 7.37. The van der Waals surface area contributed by atoms with Gasteiger partial charge in [0.05, 0.1) is 24.9 Å². The molecule has 3 rings (SSSR count). The summed E-state index contributed by atoms with van der Waals surface area (Å²) in [5.74, 6) is -0.803. The molecule has 1 amide bonds. The van der Waals surface area contributed by atoms with Crippen LogP contribution in [0.3, 0.4) is 0 Å². The van der Waals surface area contributed by atoms with Crippen LogP contribution in [-0.4, -0.2) is 35.3 Å². The molecule has 1 aliphatic rings. The second-order valence-electron chi connectivity index (χ2n) is 5.40. The third-order valence-corrected chi connectivity index (χ3v) is 3.92. The smallest absolute Gasteiger partial charge is 0.309 e. The Balaban J connectivity index is 1.95. The molecule has 2 aromatic rings. The standard InChI is InChI=1S/C16H18N4O3/c1-23-14(21)8-10-2-4-11(5-3-10)20-13-6-7-18-9-12(13)15(19-20)16(17)22/h2-5,18H,6-9H2,1H3,(H2,17,22). The number of nitrogens with zero attached hydrogens (tertiary/aromatic N) is 2. The lowest BCUT2D eigenvalue weighted by atomic mass is 10.1. The Bertz CT molecular complexity index is 749. The monoisotopic (exact) mass is 314 g/mol. The number of hydrogen-bond acceptors (Lipinski definition) is 5. The zero-order valence-corrected chi connectivity index (χ0v) is 12.8. The highest BCUT2D eigenvalue weighted by atomic mass is 16.5. The van der Waals surface area contributed by atoms with Crippen molar-refractivity contribution in [2.45, 2.75) is 19.4 Å². The van der Waals surface area contributed by atoms with Crippen LogP contribution in [0.2, 0.25) is 0 Å². The normalized spacial score (nSPS) is 13.4. The van der Waals surface area contributed by atoms with E-state index in [-0.39, 0.29) is 12.4 Å². The van der Waals surface area contributed by atoms with Gasteiger partial charge < -0.3 is 15.8 Å². The summed E-state index contributed by atoms with van der Waals surface area (Å²) in [5, 5.41) is 7.60. The lowest BCUT2D eigenvalue weighted by Gasteiger charge is -2.15. The second-order valence-corrected chi connectivity index (χ2v) is 5.40. The van der Waals surface area contributed by atoms with E-state index in [4.69, 9.17) is 5.73 Å². The lowest BCUT2D eigenvalue weighted by molar-refractivity contribution is -0.139. The Kier molecular flexibility index (Phi) is 4.12. The van der Waals surface area contributed by atoms with Crippen LogP contribution >= 0.6 is 0 Å². The summed E-state index contributed by atoms with van der Waals surface area (Å²) in [6, 6.07) is 7.45. The molecule has 23 heavy (non-hydrogen) atoms.